The second-order valence-electron chi connectivity index (χ2n) is 5.19. The topological polar surface area (TPSA) is 88.8 Å². The Bertz CT molecular complexity index is 957. The molecule has 2 heterocycles. The molecule has 0 atom stereocenters. The van der Waals surface area contributed by atoms with Crippen molar-refractivity contribution in [3.05, 3.63) is 48.5 Å². The summed E-state index contributed by atoms with van der Waals surface area (Å²) >= 11 is 1.46. The first-order valence-corrected chi connectivity index (χ1v) is 8.17. The largest absolute Gasteiger partial charge is 0.497 e. The number of nitrogens with two attached hydrogens (primary N) is 1. The summed E-state index contributed by atoms with van der Waals surface area (Å²) in [6.45, 7) is 0. The third-order valence-electron chi connectivity index (χ3n) is 3.60. The van der Waals surface area contributed by atoms with Crippen LogP contribution in [0.5, 0.6) is 5.75 Å². The van der Waals surface area contributed by atoms with Gasteiger partial charge >= 0.3 is 0 Å². The Hall–Kier alpha value is -3.06. The fourth-order valence-corrected chi connectivity index (χ4v) is 3.26. The lowest BCUT2D eigenvalue weighted by molar-refractivity contribution is 0.415. The third kappa shape index (κ3) is 2.65. The van der Waals surface area contributed by atoms with Crippen molar-refractivity contribution in [3.63, 3.8) is 0 Å². The van der Waals surface area contributed by atoms with E-state index in [2.05, 4.69) is 20.3 Å². The van der Waals surface area contributed by atoms with Crippen LogP contribution in [-0.4, -0.2) is 22.1 Å². The molecular weight excluding hydrogens is 322 g/mol. The lowest BCUT2D eigenvalue weighted by Crippen LogP contribution is -1.91. The van der Waals surface area contributed by atoms with Gasteiger partial charge in [-0.1, -0.05) is 23.5 Å². The highest BCUT2D eigenvalue weighted by Gasteiger charge is 2.14. The van der Waals surface area contributed by atoms with E-state index in [1.165, 1.54) is 11.3 Å². The maximum Gasteiger partial charge on any atom is 0.189 e. The molecule has 0 saturated heterocycles. The van der Waals surface area contributed by atoms with Gasteiger partial charge in [-0.25, -0.2) is 9.97 Å². The number of rotatable bonds is 4. The molecule has 0 unspecified atom stereocenters. The van der Waals surface area contributed by atoms with Gasteiger partial charge in [0, 0.05) is 5.69 Å². The Kier molecular flexibility index (Phi) is 3.55. The number of nitrogens with one attached hydrogen (secondary N) is 2. The van der Waals surface area contributed by atoms with Crippen LogP contribution in [0, 0.1) is 0 Å². The fourth-order valence-electron chi connectivity index (χ4n) is 2.41. The molecule has 0 bridgehead atoms. The van der Waals surface area contributed by atoms with Crippen molar-refractivity contribution in [2.45, 2.75) is 0 Å². The number of imidazole rings is 1. The smallest absolute Gasteiger partial charge is 0.189 e. The number of hydrogen-bond acceptors (Lipinski definition) is 6. The van der Waals surface area contributed by atoms with Gasteiger partial charge in [-0.05, 0) is 36.4 Å². The van der Waals surface area contributed by atoms with Crippen LogP contribution < -0.4 is 15.8 Å². The first-order valence-electron chi connectivity index (χ1n) is 7.35. The number of methoxy groups -OCH3 is 1. The number of hydrogen-bond donors (Lipinski definition) is 3. The normalized spacial score (nSPS) is 10.9. The molecule has 2 aromatic carbocycles. The third-order valence-corrected chi connectivity index (χ3v) is 4.59. The van der Waals surface area contributed by atoms with Crippen LogP contribution in [0.15, 0.2) is 48.5 Å². The first kappa shape index (κ1) is 14.5. The molecule has 0 saturated carbocycles. The summed E-state index contributed by atoms with van der Waals surface area (Å²) in [4.78, 5) is 13.1. The van der Waals surface area contributed by atoms with Crippen LogP contribution in [0.4, 0.5) is 16.6 Å². The first-order chi connectivity index (χ1) is 11.7. The van der Waals surface area contributed by atoms with Gasteiger partial charge in [0.05, 0.1) is 18.1 Å². The van der Waals surface area contributed by atoms with E-state index in [1.54, 1.807) is 7.11 Å². The highest BCUT2D eigenvalue weighted by atomic mass is 32.1. The van der Waals surface area contributed by atoms with Crippen LogP contribution in [0.25, 0.3) is 21.7 Å². The van der Waals surface area contributed by atoms with Crippen LogP contribution in [0.1, 0.15) is 0 Å². The fraction of sp³-hybridized carbons (Fsp3) is 0.0588. The summed E-state index contributed by atoms with van der Waals surface area (Å²) in [5.74, 6) is 1.99. The summed E-state index contributed by atoms with van der Waals surface area (Å²) in [6.07, 6.45) is 0. The van der Waals surface area contributed by atoms with Gasteiger partial charge in [0.25, 0.3) is 0 Å². The molecule has 0 fully saturated rings. The van der Waals surface area contributed by atoms with Crippen molar-refractivity contribution in [2.24, 2.45) is 0 Å². The van der Waals surface area contributed by atoms with Crippen LogP contribution in [0.3, 0.4) is 0 Å². The number of aromatic amines is 1. The number of ether oxygens (including phenoxy) is 1. The molecular formula is C17H15N5OS. The number of anilines is 3. The van der Waals surface area contributed by atoms with Crippen LogP contribution in [0.2, 0.25) is 0 Å². The molecule has 2 aromatic heterocycles. The molecule has 0 radical (unpaired) electrons. The summed E-state index contributed by atoms with van der Waals surface area (Å²) in [6, 6.07) is 15.5. The number of nitrogens with zero attached hydrogens (tertiary/aromatic N) is 2. The van der Waals surface area contributed by atoms with Crippen molar-refractivity contribution in [1.29, 1.82) is 0 Å². The molecule has 4 rings (SSSR count). The number of benzene rings is 2. The van der Waals surface area contributed by atoms with E-state index >= 15 is 0 Å². The van der Waals surface area contributed by atoms with E-state index in [4.69, 9.17) is 10.5 Å². The molecule has 0 aliphatic heterocycles. The van der Waals surface area contributed by atoms with E-state index in [1.807, 2.05) is 48.5 Å². The Balaban J connectivity index is 1.63. The highest BCUT2D eigenvalue weighted by Crippen LogP contribution is 2.35. The minimum absolute atomic E-state index is 0.454. The molecule has 4 aromatic rings. The maximum absolute atomic E-state index is 6.07. The van der Waals surface area contributed by atoms with Crippen molar-refractivity contribution in [3.8, 4) is 16.5 Å². The molecule has 24 heavy (non-hydrogen) atoms. The zero-order valence-electron chi connectivity index (χ0n) is 12.9. The molecule has 120 valence electrons. The predicted octanol–water partition coefficient (Wildman–Crippen LogP) is 4.02. The Morgan fingerprint density at radius 2 is 1.88 bits per heavy atom. The summed E-state index contributed by atoms with van der Waals surface area (Å²) in [5, 5.41) is 3.97. The van der Waals surface area contributed by atoms with Crippen molar-refractivity contribution < 1.29 is 4.74 Å². The van der Waals surface area contributed by atoms with Gasteiger partial charge in [0.1, 0.15) is 16.4 Å². The number of nitrogen functional groups attached to an aromatic ring is 1. The van der Waals surface area contributed by atoms with Crippen molar-refractivity contribution in [1.82, 2.24) is 15.0 Å². The van der Waals surface area contributed by atoms with Gasteiger partial charge in [0.2, 0.25) is 0 Å². The van der Waals surface area contributed by atoms with Crippen molar-refractivity contribution in [2.75, 3.05) is 18.2 Å². The van der Waals surface area contributed by atoms with E-state index in [0.29, 0.717) is 10.9 Å². The SMILES string of the molecule is COc1ccc(Nc2nc(N)c(-c3nc4ccccc4[nH]3)s2)cc1. The van der Waals surface area contributed by atoms with E-state index in [9.17, 15) is 0 Å². The summed E-state index contributed by atoms with van der Waals surface area (Å²) in [7, 11) is 1.64. The quantitative estimate of drug-likeness (QED) is 0.523. The second-order valence-corrected chi connectivity index (χ2v) is 6.19. The Morgan fingerprint density at radius 1 is 1.08 bits per heavy atom. The standard InChI is InChI=1S/C17H15N5OS/c1-23-11-8-6-10(7-9-11)19-17-22-15(18)14(24-17)16-20-12-4-2-3-5-13(12)21-16/h2-9H,18H2,1H3,(H,19,22)(H,20,21). The summed E-state index contributed by atoms with van der Waals surface area (Å²) < 4.78 is 5.16. The Labute approximate surface area is 142 Å². The van der Waals surface area contributed by atoms with Crippen molar-refractivity contribution >= 4 is 39.0 Å². The average molecular weight is 337 g/mol. The van der Waals surface area contributed by atoms with E-state index < -0.39 is 0 Å². The molecule has 0 aliphatic carbocycles. The zero-order chi connectivity index (χ0) is 16.5. The number of aromatic nitrogens is 3. The minimum Gasteiger partial charge on any atom is -0.497 e. The summed E-state index contributed by atoms with van der Waals surface area (Å²) in [5.41, 5.74) is 8.88. The van der Waals surface area contributed by atoms with Crippen LogP contribution >= 0.6 is 11.3 Å². The van der Waals surface area contributed by atoms with Gasteiger partial charge in [-0.15, -0.1) is 0 Å². The minimum atomic E-state index is 0.454. The molecule has 0 spiro atoms. The molecule has 6 nitrogen and oxygen atoms in total. The molecule has 4 N–H and O–H groups in total. The second kappa shape index (κ2) is 5.86. The van der Waals surface area contributed by atoms with Gasteiger partial charge in [-0.2, -0.15) is 0 Å². The average Bonchev–Trinajstić information content (AvgIpc) is 3.18. The van der Waals surface area contributed by atoms with Gasteiger partial charge < -0.3 is 20.8 Å². The predicted molar refractivity (Wildman–Crippen MR) is 97.9 cm³/mol. The number of para-hydroxylation sites is 2. The molecule has 0 aliphatic rings. The zero-order valence-corrected chi connectivity index (χ0v) is 13.7. The number of H-pyrrole nitrogens is 1. The Morgan fingerprint density at radius 3 is 2.62 bits per heavy atom. The number of fused-ring (bicyclic) bond motifs is 1. The van der Waals surface area contributed by atoms with E-state index in [0.717, 1.165) is 33.2 Å². The van der Waals surface area contributed by atoms with Crippen LogP contribution in [-0.2, 0) is 0 Å². The lowest BCUT2D eigenvalue weighted by atomic mass is 10.3. The highest BCUT2D eigenvalue weighted by molar-refractivity contribution is 7.19. The number of thiazole rings is 1. The maximum atomic E-state index is 6.07. The van der Waals surface area contributed by atoms with E-state index in [-0.39, 0.29) is 0 Å². The monoisotopic (exact) mass is 337 g/mol. The molecule has 0 amide bonds. The van der Waals surface area contributed by atoms with Gasteiger partial charge in [0.15, 0.2) is 11.0 Å². The molecule has 7 heteroatoms. The van der Waals surface area contributed by atoms with Gasteiger partial charge in [-0.3, -0.25) is 0 Å². The lowest BCUT2D eigenvalue weighted by Gasteiger charge is -2.03.